The molecule has 9 heteroatoms. The average molecular weight is 501 g/mol. The quantitative estimate of drug-likeness (QED) is 0.221. The summed E-state index contributed by atoms with van der Waals surface area (Å²) in [6.07, 6.45) is 0. The summed E-state index contributed by atoms with van der Waals surface area (Å²) in [5, 5.41) is 0.714. The Morgan fingerprint density at radius 3 is 2.03 bits per heavy atom. The summed E-state index contributed by atoms with van der Waals surface area (Å²) >= 11 is 6.15. The van der Waals surface area contributed by atoms with Gasteiger partial charge in [0.25, 0.3) is 5.69 Å². The van der Waals surface area contributed by atoms with Gasteiger partial charge in [-0.15, -0.1) is 4.68 Å². The van der Waals surface area contributed by atoms with Crippen LogP contribution in [0.15, 0.2) is 84.9 Å². The Morgan fingerprint density at radius 2 is 1.50 bits per heavy atom. The molecule has 1 aromatic heterocycles. The Balaban J connectivity index is 0.000000481. The van der Waals surface area contributed by atoms with E-state index >= 15 is 0 Å². The lowest BCUT2D eigenvalue weighted by atomic mass is 10.1. The molecule has 0 fully saturated rings. The lowest BCUT2D eigenvalue weighted by Crippen LogP contribution is -2.39. The second-order valence-electron chi connectivity index (χ2n) is 7.30. The van der Waals surface area contributed by atoms with Gasteiger partial charge in [-0.3, -0.25) is 4.18 Å². The first-order valence-corrected chi connectivity index (χ1v) is 12.0. The first kappa shape index (κ1) is 25.5. The molecular formula is C25H25ClN2O5S. The van der Waals surface area contributed by atoms with E-state index < -0.39 is 10.4 Å². The molecule has 0 aliphatic heterocycles. The van der Waals surface area contributed by atoms with Crippen LogP contribution in [0.3, 0.4) is 0 Å². The molecule has 0 saturated heterocycles. The summed E-state index contributed by atoms with van der Waals surface area (Å²) in [5.41, 5.74) is 5.36. The predicted octanol–water partition coefficient (Wildman–Crippen LogP) is 4.51. The summed E-state index contributed by atoms with van der Waals surface area (Å²) < 4.78 is 41.7. The molecule has 7 nitrogen and oxygen atoms in total. The SMILES string of the molecule is COS(=O)(=O)[O-].Cn1c(-c2ccccc2)c(OCc2cccc(Cl)c2)c(-c2ccccc2)[n+]1C. The van der Waals surface area contributed by atoms with Gasteiger partial charge >= 0.3 is 0 Å². The zero-order valence-electron chi connectivity index (χ0n) is 19.0. The number of rotatable bonds is 6. The van der Waals surface area contributed by atoms with Crippen LogP contribution in [0.1, 0.15) is 5.56 Å². The van der Waals surface area contributed by atoms with Crippen LogP contribution in [-0.2, 0) is 35.3 Å². The maximum atomic E-state index is 9.22. The van der Waals surface area contributed by atoms with Crippen LogP contribution in [0, 0.1) is 0 Å². The van der Waals surface area contributed by atoms with Crippen molar-refractivity contribution in [3.8, 4) is 28.3 Å². The van der Waals surface area contributed by atoms with Gasteiger partial charge in [-0.05, 0) is 29.8 Å². The van der Waals surface area contributed by atoms with E-state index in [1.165, 1.54) is 0 Å². The van der Waals surface area contributed by atoms with Crippen LogP contribution in [0.4, 0.5) is 0 Å². The zero-order chi connectivity index (χ0) is 24.7. The minimum absolute atomic E-state index is 0.449. The average Bonchev–Trinajstić information content (AvgIpc) is 3.08. The van der Waals surface area contributed by atoms with Crippen molar-refractivity contribution < 1.29 is 26.6 Å². The molecule has 0 bridgehead atoms. The molecule has 0 aliphatic rings. The summed E-state index contributed by atoms with van der Waals surface area (Å²) in [6.45, 7) is 0.449. The van der Waals surface area contributed by atoms with Crippen molar-refractivity contribution in [1.29, 1.82) is 0 Å². The third kappa shape index (κ3) is 6.45. The van der Waals surface area contributed by atoms with Crippen molar-refractivity contribution in [2.24, 2.45) is 14.1 Å². The zero-order valence-corrected chi connectivity index (χ0v) is 20.6. The number of hydrogen-bond acceptors (Lipinski definition) is 5. The molecule has 34 heavy (non-hydrogen) atoms. The number of halogens is 1. The Morgan fingerprint density at radius 1 is 0.941 bits per heavy atom. The fraction of sp³-hybridized carbons (Fsp3) is 0.160. The first-order chi connectivity index (χ1) is 16.2. The first-order valence-electron chi connectivity index (χ1n) is 10.3. The summed E-state index contributed by atoms with van der Waals surface area (Å²) in [6, 6.07) is 28.5. The number of benzene rings is 3. The fourth-order valence-corrected chi connectivity index (χ4v) is 3.67. The Kier molecular flexibility index (Phi) is 8.46. The van der Waals surface area contributed by atoms with Crippen molar-refractivity contribution in [2.75, 3.05) is 7.11 Å². The Hall–Kier alpha value is -3.17. The van der Waals surface area contributed by atoms with Gasteiger partial charge in [-0.2, -0.15) is 4.68 Å². The van der Waals surface area contributed by atoms with E-state index in [1.54, 1.807) is 0 Å². The third-order valence-corrected chi connectivity index (χ3v) is 5.74. The van der Waals surface area contributed by atoms with Crippen LogP contribution >= 0.6 is 11.6 Å². The highest BCUT2D eigenvalue weighted by Crippen LogP contribution is 2.37. The molecule has 0 unspecified atom stereocenters. The summed E-state index contributed by atoms with van der Waals surface area (Å²) in [7, 11) is 0.509. The van der Waals surface area contributed by atoms with Crippen molar-refractivity contribution in [1.82, 2.24) is 4.68 Å². The molecule has 0 saturated carbocycles. The van der Waals surface area contributed by atoms with Crippen molar-refractivity contribution in [3.05, 3.63) is 95.5 Å². The molecular weight excluding hydrogens is 476 g/mol. The minimum atomic E-state index is -4.41. The minimum Gasteiger partial charge on any atom is -0.726 e. The van der Waals surface area contributed by atoms with E-state index in [0.717, 1.165) is 40.9 Å². The molecule has 0 amide bonds. The highest BCUT2D eigenvalue weighted by Gasteiger charge is 2.30. The van der Waals surface area contributed by atoms with E-state index in [9.17, 15) is 13.0 Å². The fourth-order valence-electron chi connectivity index (χ4n) is 3.45. The van der Waals surface area contributed by atoms with Crippen LogP contribution < -0.4 is 9.42 Å². The van der Waals surface area contributed by atoms with E-state index in [-0.39, 0.29) is 0 Å². The van der Waals surface area contributed by atoms with Crippen molar-refractivity contribution in [3.63, 3.8) is 0 Å². The number of ether oxygens (including phenoxy) is 1. The molecule has 3 aromatic carbocycles. The number of nitrogens with zero attached hydrogens (tertiary/aromatic N) is 2. The van der Waals surface area contributed by atoms with Crippen LogP contribution in [0.2, 0.25) is 5.02 Å². The van der Waals surface area contributed by atoms with Crippen LogP contribution in [0.5, 0.6) is 5.75 Å². The molecule has 0 N–H and O–H groups in total. The molecule has 4 rings (SSSR count). The molecule has 0 spiro atoms. The van der Waals surface area contributed by atoms with Gasteiger partial charge in [-0.25, -0.2) is 8.42 Å². The van der Waals surface area contributed by atoms with E-state index in [0.29, 0.717) is 11.6 Å². The second-order valence-corrected chi connectivity index (χ2v) is 8.89. The highest BCUT2D eigenvalue weighted by molar-refractivity contribution is 7.80. The Labute approximate surface area is 204 Å². The summed E-state index contributed by atoms with van der Waals surface area (Å²) in [5.74, 6) is 0.863. The molecule has 178 valence electrons. The molecule has 1 heterocycles. The third-order valence-electron chi connectivity index (χ3n) is 5.10. The lowest BCUT2D eigenvalue weighted by molar-refractivity contribution is -0.740. The van der Waals surface area contributed by atoms with E-state index in [2.05, 4.69) is 51.9 Å². The maximum Gasteiger partial charge on any atom is 0.280 e. The van der Waals surface area contributed by atoms with Crippen LogP contribution in [0.25, 0.3) is 22.5 Å². The topological polar surface area (TPSA) is 84.5 Å². The normalized spacial score (nSPS) is 11.0. The molecule has 0 atom stereocenters. The number of aromatic nitrogens is 2. The standard InChI is InChI=1S/C24H22ClN2O.CH4O4S/c1-26-22(19-11-5-3-6-12-19)24(28-17-18-10-9-15-21(25)16-18)23(27(26)2)20-13-7-4-8-14-20;1-5-6(2,3)4/h3-16H,17H2,1-2H3;1H3,(H,2,3,4)/q+1;/p-1. The van der Waals surface area contributed by atoms with Gasteiger partial charge < -0.3 is 9.29 Å². The van der Waals surface area contributed by atoms with E-state index in [4.69, 9.17) is 16.3 Å². The maximum absolute atomic E-state index is 9.22. The highest BCUT2D eigenvalue weighted by atomic mass is 35.5. The molecule has 0 radical (unpaired) electrons. The summed E-state index contributed by atoms with van der Waals surface area (Å²) in [4.78, 5) is 0. The second kappa shape index (κ2) is 11.3. The van der Waals surface area contributed by atoms with Gasteiger partial charge in [0.05, 0.1) is 19.7 Å². The van der Waals surface area contributed by atoms with Gasteiger partial charge in [0.2, 0.25) is 16.1 Å². The van der Waals surface area contributed by atoms with Gasteiger partial charge in [0.1, 0.15) is 6.61 Å². The van der Waals surface area contributed by atoms with Crippen molar-refractivity contribution in [2.45, 2.75) is 6.61 Å². The lowest BCUT2D eigenvalue weighted by Gasteiger charge is -2.08. The van der Waals surface area contributed by atoms with E-state index in [1.807, 2.05) is 60.7 Å². The van der Waals surface area contributed by atoms with Gasteiger partial charge in [-0.1, -0.05) is 72.3 Å². The molecule has 4 aromatic rings. The van der Waals surface area contributed by atoms with Crippen LogP contribution in [-0.4, -0.2) is 24.8 Å². The Bertz CT molecular complexity index is 1280. The number of hydrogen-bond donors (Lipinski definition) is 0. The van der Waals surface area contributed by atoms with Gasteiger partial charge in [0, 0.05) is 10.6 Å². The monoisotopic (exact) mass is 500 g/mol. The van der Waals surface area contributed by atoms with Crippen molar-refractivity contribution >= 4 is 22.0 Å². The predicted molar refractivity (Wildman–Crippen MR) is 130 cm³/mol. The smallest absolute Gasteiger partial charge is 0.280 e. The largest absolute Gasteiger partial charge is 0.726 e. The van der Waals surface area contributed by atoms with Gasteiger partial charge in [0.15, 0.2) is 12.7 Å². The molecule has 0 aliphatic carbocycles.